The molecule has 5 rings (SSSR count). The van der Waals surface area contributed by atoms with Gasteiger partial charge in [-0.15, -0.1) is 0 Å². The fraction of sp³-hybridized carbons (Fsp3) is 0.208. The first kappa shape index (κ1) is 24.2. The van der Waals surface area contributed by atoms with E-state index in [9.17, 15) is 0 Å². The minimum atomic E-state index is 0.296. The molecule has 1 fully saturated rings. The summed E-state index contributed by atoms with van der Waals surface area (Å²) in [6.45, 7) is 4.53. The van der Waals surface area contributed by atoms with Crippen LogP contribution in [-0.2, 0) is 4.74 Å². The van der Waals surface area contributed by atoms with Crippen LogP contribution in [0.5, 0.6) is 0 Å². The van der Waals surface area contributed by atoms with E-state index >= 15 is 0 Å². The standard InChI is InChI=1S/C24H23BrClN9O/c1-15-11-18(25)20(12-19(15)26)29-22-30-23(32-24(31-22)35-7-9-36-10-8-35)34-28-14-17-13-27-33-21(17)16-5-3-2-4-6-16/h2-6,11-14H,7-10H2,1H3,(H,27,33)(H2,29,30,31,32,34)/b28-14-. The van der Waals surface area contributed by atoms with Crippen LogP contribution in [0, 0.1) is 6.92 Å². The van der Waals surface area contributed by atoms with E-state index < -0.39 is 0 Å². The first-order valence-corrected chi connectivity index (χ1v) is 12.4. The van der Waals surface area contributed by atoms with E-state index in [0.717, 1.165) is 32.5 Å². The molecule has 0 saturated carbocycles. The minimum Gasteiger partial charge on any atom is -0.378 e. The van der Waals surface area contributed by atoms with Crippen molar-refractivity contribution in [2.45, 2.75) is 6.92 Å². The average Bonchev–Trinajstić information content (AvgIpc) is 3.37. The Labute approximate surface area is 221 Å². The maximum absolute atomic E-state index is 6.34. The summed E-state index contributed by atoms with van der Waals surface area (Å²) in [7, 11) is 0. The van der Waals surface area contributed by atoms with E-state index in [-0.39, 0.29) is 0 Å². The number of aromatic amines is 1. The fourth-order valence-electron chi connectivity index (χ4n) is 3.63. The van der Waals surface area contributed by atoms with Gasteiger partial charge in [0.05, 0.1) is 37.0 Å². The third kappa shape index (κ3) is 5.64. The van der Waals surface area contributed by atoms with Gasteiger partial charge in [-0.25, -0.2) is 5.43 Å². The summed E-state index contributed by atoms with van der Waals surface area (Å²) in [6.07, 6.45) is 3.39. The number of rotatable bonds is 7. The van der Waals surface area contributed by atoms with Crippen LogP contribution < -0.4 is 15.6 Å². The number of ether oxygens (including phenoxy) is 1. The summed E-state index contributed by atoms with van der Waals surface area (Å²) in [5.41, 5.74) is 7.35. The Hall–Kier alpha value is -3.54. The smallest absolute Gasteiger partial charge is 0.250 e. The van der Waals surface area contributed by atoms with Gasteiger partial charge < -0.3 is 15.0 Å². The van der Waals surface area contributed by atoms with E-state index in [4.69, 9.17) is 16.3 Å². The molecule has 3 N–H and O–H groups in total. The molecule has 1 aliphatic heterocycles. The number of hydrogen-bond acceptors (Lipinski definition) is 9. The molecule has 0 radical (unpaired) electrons. The Bertz CT molecular complexity index is 1370. The lowest BCUT2D eigenvalue weighted by Crippen LogP contribution is -2.37. The second-order valence-electron chi connectivity index (χ2n) is 8.02. The topological polar surface area (TPSA) is 116 Å². The van der Waals surface area contributed by atoms with Crippen LogP contribution >= 0.6 is 27.5 Å². The summed E-state index contributed by atoms with van der Waals surface area (Å²) >= 11 is 9.91. The maximum atomic E-state index is 6.34. The molecule has 1 aliphatic rings. The maximum Gasteiger partial charge on any atom is 0.250 e. The van der Waals surface area contributed by atoms with Crippen molar-refractivity contribution in [3.05, 3.63) is 69.3 Å². The number of anilines is 4. The second-order valence-corrected chi connectivity index (χ2v) is 9.29. The van der Waals surface area contributed by atoms with Crippen molar-refractivity contribution in [3.8, 4) is 11.3 Å². The Morgan fingerprint density at radius 2 is 1.89 bits per heavy atom. The van der Waals surface area contributed by atoms with Crippen LogP contribution in [0.25, 0.3) is 11.3 Å². The molecule has 0 aliphatic carbocycles. The highest BCUT2D eigenvalue weighted by Crippen LogP contribution is 2.31. The zero-order chi connectivity index (χ0) is 24.9. The van der Waals surface area contributed by atoms with Crippen molar-refractivity contribution < 1.29 is 4.74 Å². The van der Waals surface area contributed by atoms with Crippen molar-refractivity contribution in [1.82, 2.24) is 25.1 Å². The van der Waals surface area contributed by atoms with E-state index in [2.05, 4.69) is 56.9 Å². The molecule has 0 atom stereocenters. The highest BCUT2D eigenvalue weighted by molar-refractivity contribution is 9.10. The highest BCUT2D eigenvalue weighted by Gasteiger charge is 2.17. The molecule has 2 aromatic heterocycles. The summed E-state index contributed by atoms with van der Waals surface area (Å²) in [6, 6.07) is 13.7. The fourth-order valence-corrected chi connectivity index (χ4v) is 4.35. The van der Waals surface area contributed by atoms with Crippen molar-refractivity contribution in [2.75, 3.05) is 41.9 Å². The number of hydrazone groups is 1. The largest absolute Gasteiger partial charge is 0.378 e. The zero-order valence-corrected chi connectivity index (χ0v) is 21.7. The highest BCUT2D eigenvalue weighted by atomic mass is 79.9. The predicted octanol–water partition coefficient (Wildman–Crippen LogP) is 5.01. The number of benzene rings is 2. The van der Waals surface area contributed by atoms with Crippen molar-refractivity contribution in [3.63, 3.8) is 0 Å². The van der Waals surface area contributed by atoms with Crippen LogP contribution in [-0.4, -0.2) is 57.7 Å². The van der Waals surface area contributed by atoms with E-state index in [1.807, 2.05) is 54.3 Å². The molecule has 0 bridgehead atoms. The molecule has 1 saturated heterocycles. The first-order chi connectivity index (χ1) is 17.6. The number of morpholine rings is 1. The van der Waals surface area contributed by atoms with Crippen LogP contribution in [0.15, 0.2) is 58.2 Å². The summed E-state index contributed by atoms with van der Waals surface area (Å²) in [5, 5.41) is 15.4. The third-order valence-electron chi connectivity index (χ3n) is 5.51. The van der Waals surface area contributed by atoms with Gasteiger partial charge in [0.2, 0.25) is 17.8 Å². The van der Waals surface area contributed by atoms with Gasteiger partial charge in [0.15, 0.2) is 0 Å². The lowest BCUT2D eigenvalue weighted by molar-refractivity contribution is 0.122. The van der Waals surface area contributed by atoms with Crippen molar-refractivity contribution in [2.24, 2.45) is 5.10 Å². The number of H-pyrrole nitrogens is 1. The molecule has 2 aromatic carbocycles. The third-order valence-corrected chi connectivity index (χ3v) is 6.57. The average molecular weight is 569 g/mol. The van der Waals surface area contributed by atoms with Crippen LogP contribution in [0.2, 0.25) is 5.02 Å². The molecule has 0 spiro atoms. The lowest BCUT2D eigenvalue weighted by atomic mass is 10.1. The number of nitrogens with one attached hydrogen (secondary N) is 3. The number of halogens is 2. The number of aromatic nitrogens is 5. The van der Waals surface area contributed by atoms with Gasteiger partial charge in [-0.05, 0) is 40.5 Å². The van der Waals surface area contributed by atoms with Crippen molar-refractivity contribution in [1.29, 1.82) is 0 Å². The second kappa shape index (κ2) is 11.0. The van der Waals surface area contributed by atoms with Gasteiger partial charge in [-0.1, -0.05) is 41.9 Å². The molecule has 10 nitrogen and oxygen atoms in total. The number of aryl methyl sites for hydroxylation is 1. The van der Waals surface area contributed by atoms with E-state index in [1.54, 1.807) is 12.4 Å². The Balaban J connectivity index is 1.41. The molecular weight excluding hydrogens is 546 g/mol. The van der Waals surface area contributed by atoms with Gasteiger partial charge in [0.1, 0.15) is 0 Å². The molecule has 36 heavy (non-hydrogen) atoms. The zero-order valence-electron chi connectivity index (χ0n) is 19.4. The molecule has 184 valence electrons. The van der Waals surface area contributed by atoms with Gasteiger partial charge >= 0.3 is 0 Å². The van der Waals surface area contributed by atoms with Gasteiger partial charge in [-0.2, -0.15) is 25.2 Å². The molecule has 4 aromatic rings. The normalized spacial score (nSPS) is 13.8. The number of nitrogens with zero attached hydrogens (tertiary/aromatic N) is 6. The molecule has 3 heterocycles. The summed E-state index contributed by atoms with van der Waals surface area (Å²) in [4.78, 5) is 15.8. The van der Waals surface area contributed by atoms with Gasteiger partial charge in [0.25, 0.3) is 0 Å². The van der Waals surface area contributed by atoms with Crippen LogP contribution in [0.1, 0.15) is 11.1 Å². The van der Waals surface area contributed by atoms with Gasteiger partial charge in [-0.3, -0.25) is 5.10 Å². The molecule has 0 amide bonds. The Kier molecular flexibility index (Phi) is 7.40. The quantitative estimate of drug-likeness (QED) is 0.210. The molecule has 12 heteroatoms. The Morgan fingerprint density at radius 3 is 2.69 bits per heavy atom. The minimum absolute atomic E-state index is 0.296. The SMILES string of the molecule is Cc1cc(Br)c(Nc2nc(N/N=C\c3cn[nH]c3-c3ccccc3)nc(N3CCOCC3)n2)cc1Cl. The van der Waals surface area contributed by atoms with Crippen molar-refractivity contribution >= 4 is 57.3 Å². The predicted molar refractivity (Wildman–Crippen MR) is 145 cm³/mol. The molecular formula is C24H23BrClN9O. The van der Waals surface area contributed by atoms with Gasteiger partial charge in [0, 0.05) is 33.7 Å². The van der Waals surface area contributed by atoms with Crippen LogP contribution in [0.4, 0.5) is 23.5 Å². The molecule has 0 unspecified atom stereocenters. The lowest BCUT2D eigenvalue weighted by Gasteiger charge is -2.27. The first-order valence-electron chi connectivity index (χ1n) is 11.3. The van der Waals surface area contributed by atoms with E-state index in [0.29, 0.717) is 49.2 Å². The van der Waals surface area contributed by atoms with E-state index in [1.165, 1.54) is 0 Å². The monoisotopic (exact) mass is 567 g/mol. The Morgan fingerprint density at radius 1 is 1.11 bits per heavy atom. The summed E-state index contributed by atoms with van der Waals surface area (Å²) in [5.74, 6) is 1.18. The van der Waals surface area contributed by atoms with Crippen LogP contribution in [0.3, 0.4) is 0 Å². The summed E-state index contributed by atoms with van der Waals surface area (Å²) < 4.78 is 6.32. The number of hydrogen-bond donors (Lipinski definition) is 3.